The summed E-state index contributed by atoms with van der Waals surface area (Å²) in [5.74, 6) is 0. The number of likely N-dealkylation sites (tertiary alicyclic amines) is 1. The van der Waals surface area contributed by atoms with E-state index in [1.54, 1.807) is 18.2 Å². The highest BCUT2D eigenvalue weighted by molar-refractivity contribution is 5.57. The summed E-state index contributed by atoms with van der Waals surface area (Å²) in [6.07, 6.45) is 3.90. The molecule has 20 heavy (non-hydrogen) atoms. The molecule has 0 aromatic heterocycles. The molecule has 0 aliphatic carbocycles. The van der Waals surface area contributed by atoms with E-state index < -0.39 is 0 Å². The van der Waals surface area contributed by atoms with Crippen molar-refractivity contribution >= 4 is 11.4 Å². The number of nitro benzene ring substituents is 1. The van der Waals surface area contributed by atoms with Crippen LogP contribution in [0.3, 0.4) is 0 Å². The van der Waals surface area contributed by atoms with Crippen molar-refractivity contribution in [2.45, 2.75) is 39.2 Å². The number of hydrogen-bond acceptors (Lipinski definition) is 4. The van der Waals surface area contributed by atoms with Gasteiger partial charge in [0.15, 0.2) is 0 Å². The Morgan fingerprint density at radius 1 is 1.35 bits per heavy atom. The lowest BCUT2D eigenvalue weighted by molar-refractivity contribution is -0.384. The average molecular weight is 277 g/mol. The molecule has 110 valence electrons. The van der Waals surface area contributed by atoms with Gasteiger partial charge in [-0.25, -0.2) is 0 Å². The van der Waals surface area contributed by atoms with Crippen LogP contribution in [0.1, 0.15) is 31.7 Å². The number of piperidine rings is 1. The first kappa shape index (κ1) is 14.8. The molecule has 1 unspecified atom stereocenters. The van der Waals surface area contributed by atoms with Crippen LogP contribution >= 0.6 is 0 Å². The van der Waals surface area contributed by atoms with Crippen molar-refractivity contribution in [1.29, 1.82) is 0 Å². The van der Waals surface area contributed by atoms with E-state index in [0.717, 1.165) is 17.8 Å². The fraction of sp³-hybridized carbons (Fsp3) is 0.600. The van der Waals surface area contributed by atoms with Gasteiger partial charge in [-0.2, -0.15) is 0 Å². The molecule has 0 amide bonds. The van der Waals surface area contributed by atoms with Crippen LogP contribution in [0.15, 0.2) is 18.2 Å². The van der Waals surface area contributed by atoms with E-state index in [0.29, 0.717) is 0 Å². The molecule has 2 rings (SSSR count). The quantitative estimate of drug-likeness (QED) is 0.663. The van der Waals surface area contributed by atoms with Gasteiger partial charge >= 0.3 is 0 Å². The molecule has 5 heteroatoms. The highest BCUT2D eigenvalue weighted by Gasteiger charge is 2.15. The van der Waals surface area contributed by atoms with Crippen molar-refractivity contribution in [3.05, 3.63) is 33.9 Å². The fourth-order valence-electron chi connectivity index (χ4n) is 2.72. The van der Waals surface area contributed by atoms with E-state index in [1.165, 1.54) is 32.4 Å². The number of rotatable bonds is 5. The fourth-order valence-corrected chi connectivity index (χ4v) is 2.72. The number of non-ortho nitro benzene ring substituents is 1. The summed E-state index contributed by atoms with van der Waals surface area (Å²) < 4.78 is 0. The number of hydrogen-bond donors (Lipinski definition) is 1. The first-order valence-corrected chi connectivity index (χ1v) is 7.30. The van der Waals surface area contributed by atoms with Crippen molar-refractivity contribution in [1.82, 2.24) is 4.90 Å². The van der Waals surface area contributed by atoms with Crippen LogP contribution in [-0.4, -0.2) is 35.5 Å². The van der Waals surface area contributed by atoms with Crippen molar-refractivity contribution in [2.75, 3.05) is 25.0 Å². The van der Waals surface area contributed by atoms with Crippen molar-refractivity contribution in [2.24, 2.45) is 0 Å². The van der Waals surface area contributed by atoms with Crippen molar-refractivity contribution < 1.29 is 4.92 Å². The maximum absolute atomic E-state index is 10.8. The Labute approximate surface area is 120 Å². The van der Waals surface area contributed by atoms with Crippen molar-refractivity contribution in [3.63, 3.8) is 0 Å². The third-order valence-corrected chi connectivity index (χ3v) is 3.81. The molecular formula is C15H23N3O2. The molecular weight excluding hydrogens is 254 g/mol. The van der Waals surface area contributed by atoms with E-state index in [9.17, 15) is 10.1 Å². The molecule has 1 saturated heterocycles. The molecule has 0 saturated carbocycles. The van der Waals surface area contributed by atoms with Gasteiger partial charge in [0.25, 0.3) is 5.69 Å². The number of anilines is 1. The molecule has 1 N–H and O–H groups in total. The Balaban J connectivity index is 1.97. The molecule has 0 spiro atoms. The third-order valence-electron chi connectivity index (χ3n) is 3.81. The summed E-state index contributed by atoms with van der Waals surface area (Å²) in [4.78, 5) is 13.0. The molecule has 0 bridgehead atoms. The number of benzene rings is 1. The summed E-state index contributed by atoms with van der Waals surface area (Å²) >= 11 is 0. The number of nitro groups is 1. The van der Waals surface area contributed by atoms with Crippen LogP contribution < -0.4 is 5.32 Å². The SMILES string of the molecule is Cc1ccc([N+](=O)[O-])cc1NC(C)CN1CCCCC1. The Morgan fingerprint density at radius 3 is 2.70 bits per heavy atom. The Morgan fingerprint density at radius 2 is 2.05 bits per heavy atom. The van der Waals surface area contributed by atoms with Gasteiger partial charge in [-0.05, 0) is 45.3 Å². The first-order valence-electron chi connectivity index (χ1n) is 7.30. The van der Waals surface area contributed by atoms with Gasteiger partial charge in [-0.15, -0.1) is 0 Å². The van der Waals surface area contributed by atoms with Crippen LogP contribution in [0.4, 0.5) is 11.4 Å². The van der Waals surface area contributed by atoms with E-state index >= 15 is 0 Å². The lowest BCUT2D eigenvalue weighted by atomic mass is 10.1. The van der Waals surface area contributed by atoms with E-state index in [1.807, 2.05) is 6.92 Å². The van der Waals surface area contributed by atoms with Gasteiger partial charge in [0.2, 0.25) is 0 Å². The predicted molar refractivity (Wildman–Crippen MR) is 81.2 cm³/mol. The smallest absolute Gasteiger partial charge is 0.271 e. The molecule has 1 fully saturated rings. The minimum atomic E-state index is -0.347. The standard InChI is InChI=1S/C15H23N3O2/c1-12-6-7-14(18(19)20)10-15(12)16-13(2)11-17-8-4-3-5-9-17/h6-7,10,13,16H,3-5,8-9,11H2,1-2H3. The predicted octanol–water partition coefficient (Wildman–Crippen LogP) is 3.19. The summed E-state index contributed by atoms with van der Waals surface area (Å²) in [5, 5.41) is 14.2. The maximum Gasteiger partial charge on any atom is 0.271 e. The highest BCUT2D eigenvalue weighted by atomic mass is 16.6. The molecule has 1 aromatic rings. The Hall–Kier alpha value is -1.62. The molecule has 1 aliphatic heterocycles. The average Bonchev–Trinajstić information content (AvgIpc) is 2.42. The van der Waals surface area contributed by atoms with Gasteiger partial charge in [0.1, 0.15) is 0 Å². The molecule has 1 aromatic carbocycles. The topological polar surface area (TPSA) is 58.4 Å². The molecule has 1 aliphatic rings. The molecule has 0 radical (unpaired) electrons. The van der Waals surface area contributed by atoms with E-state index in [-0.39, 0.29) is 16.7 Å². The van der Waals surface area contributed by atoms with Crippen LogP contribution in [0, 0.1) is 17.0 Å². The summed E-state index contributed by atoms with van der Waals surface area (Å²) in [7, 11) is 0. The summed E-state index contributed by atoms with van der Waals surface area (Å²) in [5.41, 5.74) is 2.05. The second-order valence-corrected chi connectivity index (χ2v) is 5.66. The highest BCUT2D eigenvalue weighted by Crippen LogP contribution is 2.22. The second-order valence-electron chi connectivity index (χ2n) is 5.66. The van der Waals surface area contributed by atoms with Gasteiger partial charge in [-0.1, -0.05) is 12.5 Å². The van der Waals surface area contributed by atoms with Crippen LogP contribution in [0.5, 0.6) is 0 Å². The largest absolute Gasteiger partial charge is 0.381 e. The minimum absolute atomic E-state index is 0.142. The Kier molecular flexibility index (Phi) is 4.95. The number of nitrogens with zero attached hydrogens (tertiary/aromatic N) is 2. The lowest BCUT2D eigenvalue weighted by Crippen LogP contribution is -2.38. The van der Waals surface area contributed by atoms with Gasteiger partial charge in [-0.3, -0.25) is 10.1 Å². The minimum Gasteiger partial charge on any atom is -0.381 e. The van der Waals surface area contributed by atoms with Crippen LogP contribution in [0.25, 0.3) is 0 Å². The zero-order valence-electron chi connectivity index (χ0n) is 12.3. The number of nitrogens with one attached hydrogen (secondary N) is 1. The lowest BCUT2D eigenvalue weighted by Gasteiger charge is -2.30. The van der Waals surface area contributed by atoms with Gasteiger partial charge < -0.3 is 10.2 Å². The zero-order chi connectivity index (χ0) is 14.5. The van der Waals surface area contributed by atoms with Crippen molar-refractivity contribution in [3.8, 4) is 0 Å². The van der Waals surface area contributed by atoms with Gasteiger partial charge in [0.05, 0.1) is 4.92 Å². The van der Waals surface area contributed by atoms with E-state index in [2.05, 4.69) is 17.1 Å². The zero-order valence-corrected chi connectivity index (χ0v) is 12.3. The molecule has 5 nitrogen and oxygen atoms in total. The van der Waals surface area contributed by atoms with Gasteiger partial charge in [0, 0.05) is 30.4 Å². The maximum atomic E-state index is 10.8. The monoisotopic (exact) mass is 277 g/mol. The third kappa shape index (κ3) is 3.93. The molecule has 1 heterocycles. The van der Waals surface area contributed by atoms with Crippen LogP contribution in [-0.2, 0) is 0 Å². The normalized spacial score (nSPS) is 17.7. The summed E-state index contributed by atoms with van der Waals surface area (Å²) in [6, 6.07) is 5.26. The first-order chi connectivity index (χ1) is 9.56. The van der Waals surface area contributed by atoms with E-state index in [4.69, 9.17) is 0 Å². The van der Waals surface area contributed by atoms with Crippen LogP contribution in [0.2, 0.25) is 0 Å². The Bertz CT molecular complexity index is 470. The summed E-state index contributed by atoms with van der Waals surface area (Å²) in [6.45, 7) is 7.43. The second kappa shape index (κ2) is 6.70. The number of aryl methyl sites for hydroxylation is 1. The molecule has 1 atom stereocenters.